The molecule has 0 bridgehead atoms. The summed E-state index contributed by atoms with van der Waals surface area (Å²) in [6.07, 6.45) is 4.66. The molecule has 100 valence electrons. The van der Waals surface area contributed by atoms with Crippen molar-refractivity contribution >= 4 is 22.5 Å². The lowest BCUT2D eigenvalue weighted by molar-refractivity contribution is 0.148. The van der Waals surface area contributed by atoms with Gasteiger partial charge >= 0.3 is 0 Å². The van der Waals surface area contributed by atoms with Gasteiger partial charge in [0.2, 0.25) is 0 Å². The van der Waals surface area contributed by atoms with Crippen LogP contribution in [0.4, 0.5) is 0 Å². The monoisotopic (exact) mass is 276 g/mol. The number of nitrogens with zero attached hydrogens (tertiary/aromatic N) is 1. The fraction of sp³-hybridized carbons (Fsp3) is 0.400. The van der Waals surface area contributed by atoms with Crippen LogP contribution in [0.25, 0.3) is 10.9 Å². The lowest BCUT2D eigenvalue weighted by Crippen LogP contribution is -2.35. The second-order valence-electron chi connectivity index (χ2n) is 5.12. The van der Waals surface area contributed by atoms with Gasteiger partial charge in [0, 0.05) is 29.2 Å². The third kappa shape index (κ3) is 2.73. The summed E-state index contributed by atoms with van der Waals surface area (Å²) >= 11 is 5.98. The third-order valence-electron chi connectivity index (χ3n) is 3.83. The van der Waals surface area contributed by atoms with Crippen LogP contribution in [0.15, 0.2) is 30.5 Å². The minimum atomic E-state index is -0.206. The Balaban J connectivity index is 1.81. The van der Waals surface area contributed by atoms with E-state index in [4.69, 9.17) is 11.6 Å². The summed E-state index contributed by atoms with van der Waals surface area (Å²) in [6, 6.07) is 8.01. The molecule has 0 unspecified atom stereocenters. The van der Waals surface area contributed by atoms with Crippen LogP contribution in [-0.2, 0) is 6.54 Å². The van der Waals surface area contributed by atoms with Gasteiger partial charge in [-0.3, -0.25) is 4.98 Å². The Morgan fingerprint density at radius 1 is 1.32 bits per heavy atom. The van der Waals surface area contributed by atoms with Gasteiger partial charge < -0.3 is 10.4 Å². The molecule has 1 aromatic carbocycles. The van der Waals surface area contributed by atoms with E-state index in [-0.39, 0.29) is 12.1 Å². The number of fused-ring (bicyclic) bond motifs is 1. The summed E-state index contributed by atoms with van der Waals surface area (Å²) in [6.45, 7) is 0.752. The van der Waals surface area contributed by atoms with Gasteiger partial charge in [0.25, 0.3) is 0 Å². The molecule has 1 aliphatic carbocycles. The number of hydrogen-bond donors (Lipinski definition) is 2. The topological polar surface area (TPSA) is 45.1 Å². The molecule has 2 atom stereocenters. The highest BCUT2D eigenvalue weighted by Gasteiger charge is 2.24. The molecule has 3 nitrogen and oxygen atoms in total. The first kappa shape index (κ1) is 12.9. The Hall–Kier alpha value is -1.16. The van der Waals surface area contributed by atoms with E-state index in [2.05, 4.69) is 10.3 Å². The van der Waals surface area contributed by atoms with Crippen LogP contribution < -0.4 is 5.32 Å². The highest BCUT2D eigenvalue weighted by molar-refractivity contribution is 6.31. The van der Waals surface area contributed by atoms with Gasteiger partial charge in [0.1, 0.15) is 0 Å². The normalized spacial score (nSPS) is 23.1. The molecule has 1 aliphatic rings. The largest absolute Gasteiger partial charge is 0.392 e. The van der Waals surface area contributed by atoms with Gasteiger partial charge in [-0.1, -0.05) is 17.7 Å². The molecular formula is C15H17ClN2O. The number of aromatic nitrogens is 1. The van der Waals surface area contributed by atoms with Gasteiger partial charge in [-0.05, 0) is 43.0 Å². The molecule has 1 fully saturated rings. The van der Waals surface area contributed by atoms with Crippen LogP contribution in [0, 0.1) is 0 Å². The molecule has 0 amide bonds. The minimum absolute atomic E-state index is 0.206. The molecule has 1 aromatic heterocycles. The standard InChI is InChI=1S/C15H17ClN2O/c16-11-4-5-12-10(6-7-17-14(12)8-11)9-18-13-2-1-3-15(13)19/h4-8,13,15,18-19H,1-3,9H2/t13-,15+/m0/s1. The summed E-state index contributed by atoms with van der Waals surface area (Å²) < 4.78 is 0. The highest BCUT2D eigenvalue weighted by Crippen LogP contribution is 2.22. The van der Waals surface area contributed by atoms with Crippen LogP contribution in [0.1, 0.15) is 24.8 Å². The van der Waals surface area contributed by atoms with Crippen LogP contribution in [0.2, 0.25) is 5.02 Å². The molecular weight excluding hydrogens is 260 g/mol. The number of rotatable bonds is 3. The number of hydrogen-bond acceptors (Lipinski definition) is 3. The zero-order valence-corrected chi connectivity index (χ0v) is 11.4. The van der Waals surface area contributed by atoms with Gasteiger partial charge in [0.05, 0.1) is 11.6 Å². The molecule has 0 spiro atoms. The molecule has 4 heteroatoms. The maximum atomic E-state index is 9.82. The van der Waals surface area contributed by atoms with Crippen molar-refractivity contribution in [2.45, 2.75) is 38.0 Å². The van der Waals surface area contributed by atoms with E-state index in [0.717, 1.165) is 36.7 Å². The summed E-state index contributed by atoms with van der Waals surface area (Å²) in [5.41, 5.74) is 2.11. The van der Waals surface area contributed by atoms with Crippen LogP contribution in [-0.4, -0.2) is 22.2 Å². The second kappa shape index (κ2) is 5.45. The average molecular weight is 277 g/mol. The lowest BCUT2D eigenvalue weighted by Gasteiger charge is -2.17. The van der Waals surface area contributed by atoms with Crippen molar-refractivity contribution in [1.82, 2.24) is 10.3 Å². The fourth-order valence-electron chi connectivity index (χ4n) is 2.75. The Labute approximate surface area is 117 Å². The zero-order valence-electron chi connectivity index (χ0n) is 10.6. The molecule has 0 radical (unpaired) electrons. The predicted octanol–water partition coefficient (Wildman–Crippen LogP) is 2.89. The molecule has 1 saturated carbocycles. The van der Waals surface area contributed by atoms with E-state index in [1.54, 1.807) is 6.20 Å². The van der Waals surface area contributed by atoms with Crippen molar-refractivity contribution in [1.29, 1.82) is 0 Å². The molecule has 2 N–H and O–H groups in total. The molecule has 3 rings (SSSR count). The van der Waals surface area contributed by atoms with Crippen molar-refractivity contribution in [2.24, 2.45) is 0 Å². The Morgan fingerprint density at radius 2 is 2.21 bits per heavy atom. The number of aliphatic hydroxyl groups is 1. The molecule has 0 aliphatic heterocycles. The van der Waals surface area contributed by atoms with E-state index in [9.17, 15) is 5.11 Å². The third-order valence-corrected chi connectivity index (χ3v) is 4.06. The number of benzene rings is 1. The van der Waals surface area contributed by atoms with E-state index in [1.807, 2.05) is 24.3 Å². The maximum absolute atomic E-state index is 9.82. The number of halogens is 1. The first-order valence-corrected chi connectivity index (χ1v) is 7.06. The first-order chi connectivity index (χ1) is 9.24. The van der Waals surface area contributed by atoms with E-state index in [1.165, 1.54) is 5.56 Å². The summed E-state index contributed by atoms with van der Waals surface area (Å²) in [4.78, 5) is 4.34. The molecule has 2 aromatic rings. The Bertz CT molecular complexity index is 587. The van der Waals surface area contributed by atoms with Gasteiger partial charge in [-0.25, -0.2) is 0 Å². The summed E-state index contributed by atoms with van der Waals surface area (Å²) in [5.74, 6) is 0. The van der Waals surface area contributed by atoms with Crippen molar-refractivity contribution in [3.63, 3.8) is 0 Å². The SMILES string of the molecule is O[C@@H]1CCC[C@@H]1NCc1ccnc2cc(Cl)ccc12. The van der Waals surface area contributed by atoms with Crippen molar-refractivity contribution in [3.05, 3.63) is 41.0 Å². The van der Waals surface area contributed by atoms with E-state index < -0.39 is 0 Å². The quantitative estimate of drug-likeness (QED) is 0.906. The number of nitrogens with one attached hydrogen (secondary N) is 1. The van der Waals surface area contributed by atoms with Crippen LogP contribution >= 0.6 is 11.6 Å². The van der Waals surface area contributed by atoms with Crippen molar-refractivity contribution < 1.29 is 5.11 Å². The van der Waals surface area contributed by atoms with Crippen molar-refractivity contribution in [2.75, 3.05) is 0 Å². The molecule has 19 heavy (non-hydrogen) atoms. The minimum Gasteiger partial charge on any atom is -0.392 e. The van der Waals surface area contributed by atoms with Gasteiger partial charge in [-0.15, -0.1) is 0 Å². The van der Waals surface area contributed by atoms with E-state index in [0.29, 0.717) is 5.02 Å². The fourth-order valence-corrected chi connectivity index (χ4v) is 2.92. The average Bonchev–Trinajstić information content (AvgIpc) is 2.81. The smallest absolute Gasteiger partial charge is 0.0720 e. The molecule has 0 saturated heterocycles. The van der Waals surface area contributed by atoms with Crippen LogP contribution in [0.3, 0.4) is 0 Å². The van der Waals surface area contributed by atoms with E-state index >= 15 is 0 Å². The first-order valence-electron chi connectivity index (χ1n) is 6.68. The van der Waals surface area contributed by atoms with Gasteiger partial charge in [0.15, 0.2) is 0 Å². The Morgan fingerprint density at radius 3 is 3.00 bits per heavy atom. The second-order valence-corrected chi connectivity index (χ2v) is 5.55. The summed E-state index contributed by atoms with van der Waals surface area (Å²) in [5, 5.41) is 15.1. The van der Waals surface area contributed by atoms with Crippen molar-refractivity contribution in [3.8, 4) is 0 Å². The lowest BCUT2D eigenvalue weighted by atomic mass is 10.1. The summed E-state index contributed by atoms with van der Waals surface area (Å²) in [7, 11) is 0. The predicted molar refractivity (Wildman–Crippen MR) is 77.2 cm³/mol. The van der Waals surface area contributed by atoms with Gasteiger partial charge in [-0.2, -0.15) is 0 Å². The maximum Gasteiger partial charge on any atom is 0.0720 e. The highest BCUT2D eigenvalue weighted by atomic mass is 35.5. The molecule has 1 heterocycles. The van der Waals surface area contributed by atoms with Crippen LogP contribution in [0.5, 0.6) is 0 Å². The zero-order chi connectivity index (χ0) is 13.2. The Kier molecular flexibility index (Phi) is 3.69. The number of aliphatic hydroxyl groups excluding tert-OH is 1. The number of pyridine rings is 1.